The topological polar surface area (TPSA) is 85.0 Å². The van der Waals surface area contributed by atoms with E-state index in [1.54, 1.807) is 40.1 Å². The number of likely N-dealkylation sites (tertiary alicyclic amines) is 1. The highest BCUT2D eigenvalue weighted by molar-refractivity contribution is 6.30. The Balaban J connectivity index is 1.21. The molecule has 0 aliphatic carbocycles. The van der Waals surface area contributed by atoms with Crippen molar-refractivity contribution in [1.82, 2.24) is 20.0 Å². The average molecular weight is 540 g/mol. The second-order valence-corrected chi connectivity index (χ2v) is 11.0. The third-order valence-corrected chi connectivity index (χ3v) is 8.56. The highest BCUT2D eigenvalue weighted by Crippen LogP contribution is 2.33. The Morgan fingerprint density at radius 3 is 2.66 bits per heavy atom. The monoisotopic (exact) mass is 539 g/mol. The summed E-state index contributed by atoms with van der Waals surface area (Å²) in [5, 5.41) is 6.60. The van der Waals surface area contributed by atoms with Gasteiger partial charge in [-0.05, 0) is 74.7 Å². The standard InChI is InChI=1S/C28H31ClFN5O3/c29-18-6-7-20(22(30)14-18)17-5-8-23-21(13-17)27(37)35-12-11-33(16-25(35)26(36)32-23)28(38)24-4-2-10-34(24)19-3-1-9-31-15-19/h5-8,13-14,19,24-25,31H,1-4,9-12,15-16H2,(H,32,36)/t19?,24-,25+/m0/s1. The van der Waals surface area contributed by atoms with Crippen LogP contribution in [0, 0.1) is 5.82 Å². The summed E-state index contributed by atoms with van der Waals surface area (Å²) >= 11 is 5.90. The fourth-order valence-corrected chi connectivity index (χ4v) is 6.52. The predicted molar refractivity (Wildman–Crippen MR) is 142 cm³/mol. The Labute approximate surface area is 226 Å². The van der Waals surface area contributed by atoms with Crippen molar-refractivity contribution >= 4 is 35.0 Å². The zero-order chi connectivity index (χ0) is 26.4. The van der Waals surface area contributed by atoms with Crippen molar-refractivity contribution in [1.29, 1.82) is 0 Å². The first kappa shape index (κ1) is 25.3. The van der Waals surface area contributed by atoms with E-state index in [0.717, 1.165) is 45.3 Å². The fraction of sp³-hybridized carbons (Fsp3) is 0.464. The molecule has 4 heterocycles. The molecule has 0 aromatic heterocycles. The lowest BCUT2D eigenvalue weighted by atomic mass is 10.0. The first-order valence-corrected chi connectivity index (χ1v) is 13.7. The Morgan fingerprint density at radius 2 is 1.87 bits per heavy atom. The van der Waals surface area contributed by atoms with Crippen LogP contribution in [0.4, 0.5) is 10.1 Å². The maximum absolute atomic E-state index is 14.6. The molecule has 4 aliphatic rings. The Morgan fingerprint density at radius 1 is 1.00 bits per heavy atom. The van der Waals surface area contributed by atoms with Gasteiger partial charge in [-0.25, -0.2) is 4.39 Å². The number of carbonyl (C=O) groups excluding carboxylic acids is 3. The number of piperazine rings is 1. The van der Waals surface area contributed by atoms with Gasteiger partial charge in [-0.15, -0.1) is 0 Å². The van der Waals surface area contributed by atoms with Crippen molar-refractivity contribution < 1.29 is 18.8 Å². The molecular formula is C28H31ClFN5O3. The Kier molecular flexibility index (Phi) is 6.84. The number of amides is 3. The zero-order valence-corrected chi connectivity index (χ0v) is 21.8. The number of piperidine rings is 1. The maximum atomic E-state index is 14.6. The van der Waals surface area contributed by atoms with Crippen LogP contribution in [0.25, 0.3) is 11.1 Å². The van der Waals surface area contributed by atoms with Crippen LogP contribution >= 0.6 is 11.6 Å². The van der Waals surface area contributed by atoms with Crippen LogP contribution in [0.1, 0.15) is 36.0 Å². The number of nitrogens with zero attached hydrogens (tertiary/aromatic N) is 3. The smallest absolute Gasteiger partial charge is 0.256 e. The van der Waals surface area contributed by atoms with Gasteiger partial charge in [0, 0.05) is 36.3 Å². The number of carbonyl (C=O) groups is 3. The van der Waals surface area contributed by atoms with Gasteiger partial charge in [-0.1, -0.05) is 17.7 Å². The van der Waals surface area contributed by atoms with Crippen LogP contribution in [-0.2, 0) is 9.59 Å². The summed E-state index contributed by atoms with van der Waals surface area (Å²) in [6, 6.07) is 8.71. The van der Waals surface area contributed by atoms with Gasteiger partial charge in [0.05, 0.1) is 23.8 Å². The van der Waals surface area contributed by atoms with Crippen LogP contribution < -0.4 is 10.6 Å². The van der Waals surface area contributed by atoms with Gasteiger partial charge < -0.3 is 20.4 Å². The third kappa shape index (κ3) is 4.57. The van der Waals surface area contributed by atoms with Crippen LogP contribution in [-0.4, -0.2) is 89.8 Å². The van der Waals surface area contributed by atoms with Gasteiger partial charge in [-0.3, -0.25) is 19.3 Å². The van der Waals surface area contributed by atoms with Crippen molar-refractivity contribution in [3.05, 3.63) is 52.8 Å². The van der Waals surface area contributed by atoms with Crippen molar-refractivity contribution in [3.63, 3.8) is 0 Å². The van der Waals surface area contributed by atoms with Crippen LogP contribution in [0.5, 0.6) is 0 Å². The van der Waals surface area contributed by atoms with E-state index in [9.17, 15) is 18.8 Å². The summed E-state index contributed by atoms with van der Waals surface area (Å²) in [6.07, 6.45) is 4.00. The molecule has 0 bridgehead atoms. The molecule has 3 atom stereocenters. The van der Waals surface area contributed by atoms with Crippen molar-refractivity contribution in [2.45, 2.75) is 43.8 Å². The molecule has 4 aliphatic heterocycles. The number of hydrogen-bond donors (Lipinski definition) is 2. The lowest BCUT2D eigenvalue weighted by Gasteiger charge is -2.42. The van der Waals surface area contributed by atoms with Gasteiger partial charge in [0.15, 0.2) is 0 Å². The Bertz CT molecular complexity index is 1280. The first-order chi connectivity index (χ1) is 18.4. The third-order valence-electron chi connectivity index (χ3n) is 8.32. The van der Waals surface area contributed by atoms with E-state index in [-0.39, 0.29) is 41.9 Å². The van der Waals surface area contributed by atoms with E-state index in [1.807, 2.05) is 0 Å². The summed E-state index contributed by atoms with van der Waals surface area (Å²) < 4.78 is 14.6. The summed E-state index contributed by atoms with van der Waals surface area (Å²) in [4.78, 5) is 46.2. The zero-order valence-electron chi connectivity index (χ0n) is 21.1. The lowest BCUT2D eigenvalue weighted by Crippen LogP contribution is -2.62. The fourth-order valence-electron chi connectivity index (χ4n) is 6.36. The normalized spacial score (nSPS) is 26.0. The maximum Gasteiger partial charge on any atom is 0.256 e. The quantitative estimate of drug-likeness (QED) is 0.626. The summed E-state index contributed by atoms with van der Waals surface area (Å²) in [7, 11) is 0. The molecule has 10 heteroatoms. The predicted octanol–water partition coefficient (Wildman–Crippen LogP) is 2.97. The number of halogens is 2. The second kappa shape index (κ2) is 10.3. The minimum absolute atomic E-state index is 0.0511. The number of benzene rings is 2. The summed E-state index contributed by atoms with van der Waals surface area (Å²) in [6.45, 7) is 3.64. The second-order valence-electron chi connectivity index (χ2n) is 10.6. The van der Waals surface area contributed by atoms with Gasteiger partial charge in [-0.2, -0.15) is 0 Å². The van der Waals surface area contributed by atoms with E-state index in [1.165, 1.54) is 6.07 Å². The van der Waals surface area contributed by atoms with Crippen LogP contribution in [0.2, 0.25) is 5.02 Å². The van der Waals surface area contributed by atoms with Crippen LogP contribution in [0.3, 0.4) is 0 Å². The van der Waals surface area contributed by atoms with E-state index in [0.29, 0.717) is 35.0 Å². The minimum Gasteiger partial charge on any atom is -0.337 e. The number of nitrogens with one attached hydrogen (secondary N) is 2. The van der Waals surface area contributed by atoms with E-state index in [2.05, 4.69) is 15.5 Å². The largest absolute Gasteiger partial charge is 0.337 e. The van der Waals surface area contributed by atoms with E-state index < -0.39 is 11.9 Å². The van der Waals surface area contributed by atoms with Gasteiger partial charge in [0.1, 0.15) is 11.9 Å². The molecule has 3 saturated heterocycles. The Hall–Kier alpha value is -3.01. The number of rotatable bonds is 3. The van der Waals surface area contributed by atoms with E-state index in [4.69, 9.17) is 11.6 Å². The van der Waals surface area contributed by atoms with Gasteiger partial charge in [0.25, 0.3) is 5.91 Å². The van der Waals surface area contributed by atoms with E-state index >= 15 is 0 Å². The SMILES string of the molecule is O=C1Nc2ccc(-c3ccc(Cl)cc3F)cc2C(=O)N2CCN(C(=O)[C@@H]3CCCN3C3CCCNC3)C[C@H]12. The number of anilines is 1. The average Bonchev–Trinajstić information content (AvgIpc) is 3.39. The molecule has 200 valence electrons. The molecule has 0 radical (unpaired) electrons. The molecular weight excluding hydrogens is 509 g/mol. The molecule has 2 aromatic rings. The van der Waals surface area contributed by atoms with Gasteiger partial charge >= 0.3 is 0 Å². The highest BCUT2D eigenvalue weighted by Gasteiger charge is 2.44. The molecule has 0 spiro atoms. The number of fused-ring (bicyclic) bond motifs is 2. The molecule has 1 unspecified atom stereocenters. The molecule has 6 rings (SSSR count). The van der Waals surface area contributed by atoms with Crippen molar-refractivity contribution in [2.24, 2.45) is 0 Å². The molecule has 3 amide bonds. The molecule has 2 aromatic carbocycles. The summed E-state index contributed by atoms with van der Waals surface area (Å²) in [5.41, 5.74) is 1.53. The molecule has 3 fully saturated rings. The van der Waals surface area contributed by atoms with Crippen molar-refractivity contribution in [3.8, 4) is 11.1 Å². The van der Waals surface area contributed by atoms with Gasteiger partial charge in [0.2, 0.25) is 11.8 Å². The lowest BCUT2D eigenvalue weighted by molar-refractivity contribution is -0.140. The molecule has 0 saturated carbocycles. The number of hydrogen-bond acceptors (Lipinski definition) is 5. The van der Waals surface area contributed by atoms with Crippen molar-refractivity contribution in [2.75, 3.05) is 44.6 Å². The summed E-state index contributed by atoms with van der Waals surface area (Å²) in [5.74, 6) is -1.06. The molecule has 38 heavy (non-hydrogen) atoms. The first-order valence-electron chi connectivity index (χ1n) is 13.4. The minimum atomic E-state index is -0.783. The highest BCUT2D eigenvalue weighted by atomic mass is 35.5. The molecule has 2 N–H and O–H groups in total. The molecule has 8 nitrogen and oxygen atoms in total. The van der Waals surface area contributed by atoms with Crippen LogP contribution in [0.15, 0.2) is 36.4 Å².